The van der Waals surface area contributed by atoms with E-state index in [2.05, 4.69) is 5.32 Å². The first-order chi connectivity index (χ1) is 9.47. The van der Waals surface area contributed by atoms with Crippen LogP contribution >= 0.6 is 11.3 Å². The van der Waals surface area contributed by atoms with Crippen molar-refractivity contribution in [3.8, 4) is 0 Å². The van der Waals surface area contributed by atoms with E-state index in [0.29, 0.717) is 12.2 Å². The molecule has 0 saturated carbocycles. The van der Waals surface area contributed by atoms with Crippen LogP contribution < -0.4 is 5.32 Å². The topological polar surface area (TPSA) is 98.3 Å². The first-order valence-corrected chi connectivity index (χ1v) is 6.51. The van der Waals surface area contributed by atoms with Gasteiger partial charge in [-0.05, 0) is 18.6 Å². The van der Waals surface area contributed by atoms with Gasteiger partial charge in [0.1, 0.15) is 0 Å². The Labute approximate surface area is 118 Å². The molecule has 0 radical (unpaired) electrons. The zero-order valence-corrected chi connectivity index (χ0v) is 11.3. The third-order valence-corrected chi connectivity index (χ3v) is 3.75. The molecule has 2 aromatic rings. The van der Waals surface area contributed by atoms with Crippen LogP contribution in [-0.4, -0.2) is 9.85 Å². The average molecular weight is 293 g/mol. The van der Waals surface area contributed by atoms with E-state index >= 15 is 0 Å². The molecule has 0 atom stereocenters. The Bertz CT molecular complexity index is 668. The number of benzene rings is 1. The number of rotatable bonds is 5. The number of hydrogen-bond acceptors (Lipinski definition) is 6. The molecule has 2 rings (SSSR count). The molecule has 20 heavy (non-hydrogen) atoms. The number of nitro groups is 2. The molecule has 1 aromatic heterocycles. The van der Waals surface area contributed by atoms with Crippen LogP contribution in [-0.2, 0) is 6.54 Å². The fourth-order valence-electron chi connectivity index (χ4n) is 1.66. The van der Waals surface area contributed by atoms with Gasteiger partial charge in [0.15, 0.2) is 0 Å². The predicted molar refractivity (Wildman–Crippen MR) is 76.1 cm³/mol. The van der Waals surface area contributed by atoms with Gasteiger partial charge in [-0.2, -0.15) is 0 Å². The highest BCUT2D eigenvalue weighted by atomic mass is 32.1. The van der Waals surface area contributed by atoms with Crippen LogP contribution in [0.4, 0.5) is 16.4 Å². The minimum absolute atomic E-state index is 0.00950. The Balaban J connectivity index is 2.11. The monoisotopic (exact) mass is 293 g/mol. The van der Waals surface area contributed by atoms with Crippen LogP contribution in [0.3, 0.4) is 0 Å². The number of nitro benzene ring substituents is 1. The molecule has 104 valence electrons. The smallest absolute Gasteiger partial charge is 0.324 e. The van der Waals surface area contributed by atoms with Crippen molar-refractivity contribution in [1.82, 2.24) is 0 Å². The normalized spacial score (nSPS) is 10.2. The van der Waals surface area contributed by atoms with Gasteiger partial charge in [-0.15, -0.1) is 0 Å². The number of nitrogens with one attached hydrogen (secondary N) is 1. The van der Waals surface area contributed by atoms with Crippen LogP contribution in [0.5, 0.6) is 0 Å². The van der Waals surface area contributed by atoms with Gasteiger partial charge >= 0.3 is 5.00 Å². The second-order valence-corrected chi connectivity index (χ2v) is 5.25. The molecule has 1 N–H and O–H groups in total. The summed E-state index contributed by atoms with van der Waals surface area (Å²) < 4.78 is 0. The largest absolute Gasteiger partial charge is 0.380 e. The summed E-state index contributed by atoms with van der Waals surface area (Å²) in [5.41, 5.74) is 1.53. The minimum atomic E-state index is -0.458. The van der Waals surface area contributed by atoms with Gasteiger partial charge in [0.25, 0.3) is 5.69 Å². The van der Waals surface area contributed by atoms with Gasteiger partial charge in [-0.1, -0.05) is 17.4 Å². The highest BCUT2D eigenvalue weighted by Gasteiger charge is 2.11. The number of hydrogen-bond donors (Lipinski definition) is 1. The Morgan fingerprint density at radius 3 is 2.50 bits per heavy atom. The first-order valence-electron chi connectivity index (χ1n) is 5.69. The SMILES string of the molecule is Cc1ccc([N+](=O)[O-])cc1NCc1ccc([N+](=O)[O-])s1. The van der Waals surface area contributed by atoms with Gasteiger partial charge in [0.05, 0.1) is 9.85 Å². The molecular formula is C12H11N3O4S. The zero-order valence-electron chi connectivity index (χ0n) is 10.5. The Morgan fingerprint density at radius 1 is 1.15 bits per heavy atom. The highest BCUT2D eigenvalue weighted by molar-refractivity contribution is 7.15. The van der Waals surface area contributed by atoms with Crippen molar-refractivity contribution in [3.05, 3.63) is 61.0 Å². The fraction of sp³-hybridized carbons (Fsp3) is 0.167. The van der Waals surface area contributed by atoms with Crippen molar-refractivity contribution in [2.45, 2.75) is 13.5 Å². The number of thiophene rings is 1. The van der Waals surface area contributed by atoms with Gasteiger partial charge in [0, 0.05) is 35.3 Å². The summed E-state index contributed by atoms with van der Waals surface area (Å²) >= 11 is 1.08. The van der Waals surface area contributed by atoms with E-state index in [1.54, 1.807) is 12.1 Å². The summed E-state index contributed by atoms with van der Waals surface area (Å²) in [6.45, 7) is 2.23. The molecule has 0 aliphatic heterocycles. The van der Waals surface area contributed by atoms with E-state index in [1.165, 1.54) is 18.2 Å². The zero-order chi connectivity index (χ0) is 14.7. The summed E-state index contributed by atoms with van der Waals surface area (Å²) in [6, 6.07) is 7.68. The maximum Gasteiger partial charge on any atom is 0.324 e. The maximum atomic E-state index is 10.7. The van der Waals surface area contributed by atoms with Crippen molar-refractivity contribution in [2.75, 3.05) is 5.32 Å². The number of nitrogens with zero attached hydrogens (tertiary/aromatic N) is 2. The van der Waals surface area contributed by atoms with Gasteiger partial charge in [-0.25, -0.2) is 0 Å². The Kier molecular flexibility index (Phi) is 3.94. The lowest BCUT2D eigenvalue weighted by Gasteiger charge is -2.07. The summed E-state index contributed by atoms with van der Waals surface area (Å²) in [6.07, 6.45) is 0. The lowest BCUT2D eigenvalue weighted by atomic mass is 10.2. The molecule has 0 aliphatic carbocycles. The summed E-state index contributed by atoms with van der Waals surface area (Å²) in [4.78, 5) is 21.2. The van der Waals surface area contributed by atoms with Crippen LogP contribution in [0.25, 0.3) is 0 Å². The molecule has 7 nitrogen and oxygen atoms in total. The molecule has 0 saturated heterocycles. The molecule has 1 aromatic carbocycles. The minimum Gasteiger partial charge on any atom is -0.380 e. The first kappa shape index (κ1) is 13.9. The molecular weight excluding hydrogens is 282 g/mol. The van der Waals surface area contributed by atoms with E-state index in [4.69, 9.17) is 0 Å². The van der Waals surface area contributed by atoms with E-state index in [0.717, 1.165) is 21.8 Å². The molecule has 0 aliphatic rings. The third-order valence-electron chi connectivity index (χ3n) is 2.71. The number of aryl methyl sites for hydroxylation is 1. The van der Waals surface area contributed by atoms with Crippen LogP contribution in [0.15, 0.2) is 30.3 Å². The summed E-state index contributed by atoms with van der Waals surface area (Å²) in [5.74, 6) is 0. The van der Waals surface area contributed by atoms with Crippen LogP contribution in [0.2, 0.25) is 0 Å². The standard InChI is InChI=1S/C12H11N3O4S/c1-8-2-3-9(14(16)17)6-11(8)13-7-10-4-5-12(20-10)15(18)19/h2-6,13H,7H2,1H3. The van der Waals surface area contributed by atoms with Crippen LogP contribution in [0.1, 0.15) is 10.4 Å². The van der Waals surface area contributed by atoms with Crippen molar-refractivity contribution < 1.29 is 9.85 Å². The van der Waals surface area contributed by atoms with E-state index in [1.807, 2.05) is 6.92 Å². The molecule has 1 heterocycles. The average Bonchev–Trinajstić information content (AvgIpc) is 2.86. The lowest BCUT2D eigenvalue weighted by molar-refractivity contribution is -0.384. The van der Waals surface area contributed by atoms with Gasteiger partial charge < -0.3 is 5.32 Å². The van der Waals surface area contributed by atoms with E-state index in [-0.39, 0.29) is 10.7 Å². The predicted octanol–water partition coefficient (Wildman–Crippen LogP) is 3.49. The van der Waals surface area contributed by atoms with Crippen molar-refractivity contribution in [1.29, 1.82) is 0 Å². The fourth-order valence-corrected chi connectivity index (χ4v) is 2.42. The van der Waals surface area contributed by atoms with Crippen molar-refractivity contribution >= 4 is 27.7 Å². The quantitative estimate of drug-likeness (QED) is 0.672. The Hall–Kier alpha value is -2.48. The molecule has 8 heteroatoms. The molecule has 0 unspecified atom stereocenters. The molecule has 0 bridgehead atoms. The summed E-state index contributed by atoms with van der Waals surface area (Å²) in [7, 11) is 0. The second-order valence-electron chi connectivity index (χ2n) is 4.11. The van der Waals surface area contributed by atoms with E-state index < -0.39 is 9.85 Å². The highest BCUT2D eigenvalue weighted by Crippen LogP contribution is 2.26. The van der Waals surface area contributed by atoms with Gasteiger partial charge in [0.2, 0.25) is 0 Å². The van der Waals surface area contributed by atoms with Crippen molar-refractivity contribution in [2.24, 2.45) is 0 Å². The summed E-state index contributed by atoms with van der Waals surface area (Å²) in [5, 5.41) is 24.4. The van der Waals surface area contributed by atoms with E-state index in [9.17, 15) is 20.2 Å². The maximum absolute atomic E-state index is 10.7. The Morgan fingerprint density at radius 2 is 1.90 bits per heavy atom. The van der Waals surface area contributed by atoms with Crippen LogP contribution in [0, 0.1) is 27.2 Å². The second kappa shape index (κ2) is 5.66. The molecule has 0 fully saturated rings. The van der Waals surface area contributed by atoms with Gasteiger partial charge in [-0.3, -0.25) is 20.2 Å². The molecule has 0 spiro atoms. The molecule has 0 amide bonds. The number of anilines is 1. The number of non-ortho nitro benzene ring substituents is 1. The lowest BCUT2D eigenvalue weighted by Crippen LogP contribution is -2.00. The third kappa shape index (κ3) is 3.09. The van der Waals surface area contributed by atoms with Crippen molar-refractivity contribution in [3.63, 3.8) is 0 Å².